The minimum Gasteiger partial charge on any atom is -0.311 e. The Morgan fingerprint density at radius 3 is 1.14 bits per heavy atom. The molecule has 0 fully saturated rings. The fourth-order valence-electron chi connectivity index (χ4n) is 8.99. The second-order valence-electron chi connectivity index (χ2n) is 18.1. The molecule has 4 nitrogen and oxygen atoms in total. The fourth-order valence-corrected chi connectivity index (χ4v) is 8.99. The van der Waals surface area contributed by atoms with Crippen LogP contribution in [0.15, 0.2) is 292 Å². The van der Waals surface area contributed by atoms with Crippen molar-refractivity contribution in [3.05, 3.63) is 321 Å². The summed E-state index contributed by atoms with van der Waals surface area (Å²) >= 11 is 0. The van der Waals surface area contributed by atoms with Crippen LogP contribution >= 0.6 is 0 Å². The monoisotopic (exact) mass is 1180 g/mol. The topological polar surface area (TPSA) is 41.9 Å². The molecule has 0 bridgehead atoms. The summed E-state index contributed by atoms with van der Waals surface area (Å²) in [5.41, 5.74) is 21.1. The molecule has 78 heavy (non-hydrogen) atoms. The molecule has 0 aliphatic heterocycles. The van der Waals surface area contributed by atoms with Gasteiger partial charge in [-0.15, -0.1) is 107 Å². The zero-order valence-corrected chi connectivity index (χ0v) is 45.6. The first-order chi connectivity index (χ1) is 38.1. The number of aromatic nitrogens is 3. The van der Waals surface area contributed by atoms with Gasteiger partial charge in [0.1, 0.15) is 0 Å². The van der Waals surface area contributed by atoms with Crippen LogP contribution in [0.3, 0.4) is 0 Å². The first-order valence-corrected chi connectivity index (χ1v) is 25.8. The second-order valence-corrected chi connectivity index (χ2v) is 18.1. The molecule has 0 atom stereocenters. The third-order valence-corrected chi connectivity index (χ3v) is 13.1. The van der Waals surface area contributed by atoms with Crippen LogP contribution in [0.5, 0.6) is 0 Å². The largest absolute Gasteiger partial charge is 3.00 e. The maximum atomic E-state index is 4.52. The third-order valence-electron chi connectivity index (χ3n) is 13.1. The summed E-state index contributed by atoms with van der Waals surface area (Å²) in [5, 5.41) is 0. The molecule has 9 aromatic carbocycles. The van der Waals surface area contributed by atoms with Gasteiger partial charge in [0, 0.05) is 35.7 Å². The quantitative estimate of drug-likeness (QED) is 0.114. The first-order valence-electron chi connectivity index (χ1n) is 25.8. The van der Waals surface area contributed by atoms with Crippen molar-refractivity contribution in [2.75, 3.05) is 4.90 Å². The first kappa shape index (κ1) is 53.4. The maximum absolute atomic E-state index is 4.52. The van der Waals surface area contributed by atoms with Gasteiger partial charge in [0.15, 0.2) is 0 Å². The van der Waals surface area contributed by atoms with Gasteiger partial charge in [0.25, 0.3) is 0 Å². The van der Waals surface area contributed by atoms with Gasteiger partial charge in [0.05, 0.1) is 0 Å². The molecule has 0 amide bonds. The van der Waals surface area contributed by atoms with Gasteiger partial charge in [-0.25, -0.2) is 0 Å². The van der Waals surface area contributed by atoms with Gasteiger partial charge in [-0.3, -0.25) is 0 Å². The maximum Gasteiger partial charge on any atom is 3.00 e. The van der Waals surface area contributed by atoms with Crippen molar-refractivity contribution in [3.63, 3.8) is 0 Å². The Morgan fingerprint density at radius 1 is 0.359 bits per heavy atom. The molecule has 3 aromatic heterocycles. The van der Waals surface area contributed by atoms with E-state index in [-0.39, 0.29) is 20.1 Å². The number of benzene rings is 9. The van der Waals surface area contributed by atoms with Crippen LogP contribution < -0.4 is 4.90 Å². The molecule has 376 valence electrons. The van der Waals surface area contributed by atoms with Crippen molar-refractivity contribution in [2.24, 2.45) is 0 Å². The van der Waals surface area contributed by atoms with E-state index in [1.165, 1.54) is 38.9 Å². The number of anilines is 3. The SMILES string of the molecule is C=Cc1ccc(N(c2ccc(CC)cc2)c2ccc(-c3cccc(-c4cccc(-c5cccc(-c6cc[c-]c(-c7ccccn7)c6)c5)c4)c3)cc2)cc1.[Ir+3].[c-]1ccccc1-c1ccccn1.[c-]1ccccc1-c1ccccn1. The predicted molar refractivity (Wildman–Crippen MR) is 321 cm³/mol. The third kappa shape index (κ3) is 13.7. The molecule has 0 unspecified atom stereocenters. The molecule has 0 saturated carbocycles. The summed E-state index contributed by atoms with van der Waals surface area (Å²) in [6, 6.07) is 102. The molecule has 0 aliphatic carbocycles. The van der Waals surface area contributed by atoms with Crippen LogP contribution in [0.2, 0.25) is 0 Å². The standard InChI is InChI=1S/C51H39N2.2C11H8N.Ir/c1-3-37-20-26-48(27-21-37)53(49-28-22-38(4-2)23-29-49)50-30-24-39(25-31-50)40-11-7-12-41(33-40)42-13-8-14-43(34-42)44-15-9-16-45(35-44)46-17-10-18-47(36-46)51-19-5-6-32-52-51;2*1-2-6-10(7-3-1)11-8-4-5-9-12-11;/h3,5-17,19-36H,1,4H2,2H3;2*1-6,8-9H;/q3*-1;+3. The molecule has 3 heterocycles. The van der Waals surface area contributed by atoms with Crippen LogP contribution in [0.1, 0.15) is 18.1 Å². The summed E-state index contributed by atoms with van der Waals surface area (Å²) in [6.45, 7) is 6.12. The van der Waals surface area contributed by atoms with E-state index in [0.29, 0.717) is 0 Å². The summed E-state index contributed by atoms with van der Waals surface area (Å²) in [6.07, 6.45) is 8.29. The molecule has 12 aromatic rings. The van der Waals surface area contributed by atoms with Crippen LogP contribution in [-0.2, 0) is 26.5 Å². The molecular formula is C73H55IrN4. The van der Waals surface area contributed by atoms with Crippen LogP contribution in [-0.4, -0.2) is 15.0 Å². The Morgan fingerprint density at radius 2 is 0.744 bits per heavy atom. The Kier molecular flexibility index (Phi) is 18.4. The summed E-state index contributed by atoms with van der Waals surface area (Å²) in [5.74, 6) is 0. The summed E-state index contributed by atoms with van der Waals surface area (Å²) < 4.78 is 0. The normalized spacial score (nSPS) is 10.4. The Bertz CT molecular complexity index is 3610. The van der Waals surface area contributed by atoms with Crippen molar-refractivity contribution in [2.45, 2.75) is 13.3 Å². The average molecular weight is 1180 g/mol. The van der Waals surface area contributed by atoms with Gasteiger partial charge in [-0.05, 0) is 146 Å². The average Bonchev–Trinajstić information content (AvgIpc) is 3.53. The number of aryl methyl sites for hydroxylation is 1. The van der Waals surface area contributed by atoms with E-state index < -0.39 is 0 Å². The van der Waals surface area contributed by atoms with Gasteiger partial charge in [0.2, 0.25) is 0 Å². The van der Waals surface area contributed by atoms with Crippen molar-refractivity contribution in [3.8, 4) is 78.3 Å². The number of hydrogen-bond acceptors (Lipinski definition) is 4. The van der Waals surface area contributed by atoms with E-state index in [1.54, 1.807) is 12.4 Å². The fraction of sp³-hybridized carbons (Fsp3) is 0.0274. The van der Waals surface area contributed by atoms with Crippen molar-refractivity contribution in [1.29, 1.82) is 0 Å². The second kappa shape index (κ2) is 26.9. The summed E-state index contributed by atoms with van der Waals surface area (Å²) in [7, 11) is 0. The van der Waals surface area contributed by atoms with E-state index in [9.17, 15) is 0 Å². The van der Waals surface area contributed by atoms with Gasteiger partial charge in [-0.1, -0.05) is 147 Å². The molecule has 0 spiro atoms. The Balaban J connectivity index is 0.000000240. The minimum absolute atomic E-state index is 0. The van der Waals surface area contributed by atoms with Gasteiger partial charge in [-0.2, -0.15) is 0 Å². The van der Waals surface area contributed by atoms with E-state index in [4.69, 9.17) is 0 Å². The van der Waals surface area contributed by atoms with E-state index in [1.807, 2.05) is 121 Å². The number of pyridine rings is 3. The molecule has 12 rings (SSSR count). The number of hydrogen-bond donors (Lipinski definition) is 0. The number of nitrogens with zero attached hydrogens (tertiary/aromatic N) is 4. The summed E-state index contributed by atoms with van der Waals surface area (Å²) in [4.78, 5) is 15.3. The van der Waals surface area contributed by atoms with E-state index in [2.05, 4.69) is 209 Å². The zero-order chi connectivity index (χ0) is 52.4. The zero-order valence-electron chi connectivity index (χ0n) is 43.2. The van der Waals surface area contributed by atoms with E-state index in [0.717, 1.165) is 73.9 Å². The van der Waals surface area contributed by atoms with Crippen LogP contribution in [0.4, 0.5) is 17.1 Å². The molecule has 0 saturated heterocycles. The smallest absolute Gasteiger partial charge is 0.311 e. The van der Waals surface area contributed by atoms with Crippen molar-refractivity contribution in [1.82, 2.24) is 15.0 Å². The number of rotatable bonds is 12. The molecular weight excluding hydrogens is 1130 g/mol. The molecule has 5 heteroatoms. The van der Waals surface area contributed by atoms with Crippen molar-refractivity contribution >= 4 is 23.1 Å². The van der Waals surface area contributed by atoms with Gasteiger partial charge < -0.3 is 19.9 Å². The Labute approximate surface area is 473 Å². The van der Waals surface area contributed by atoms with Crippen molar-refractivity contribution < 1.29 is 20.1 Å². The van der Waals surface area contributed by atoms with E-state index >= 15 is 0 Å². The minimum atomic E-state index is 0. The predicted octanol–water partition coefficient (Wildman–Crippen LogP) is 19.0. The van der Waals surface area contributed by atoms with Gasteiger partial charge >= 0.3 is 20.1 Å². The molecule has 0 N–H and O–H groups in total. The Hall–Kier alpha value is -9.38. The molecule has 0 radical (unpaired) electrons. The molecule has 0 aliphatic rings. The van der Waals surface area contributed by atoms with Crippen LogP contribution in [0, 0.1) is 18.2 Å². The van der Waals surface area contributed by atoms with Crippen LogP contribution in [0.25, 0.3) is 84.4 Å².